The van der Waals surface area contributed by atoms with E-state index in [1.165, 1.54) is 0 Å². The van der Waals surface area contributed by atoms with Gasteiger partial charge in [0.05, 0.1) is 0 Å². The third kappa shape index (κ3) is 1.20. The summed E-state index contributed by atoms with van der Waals surface area (Å²) < 4.78 is 12.4. The Hall–Kier alpha value is -0.600. The second-order valence-electron chi connectivity index (χ2n) is 2.43. The number of hydrogen-bond acceptors (Lipinski definition) is 1. The van der Waals surface area contributed by atoms with Gasteiger partial charge in [-0.25, -0.2) is 9.18 Å². The molecule has 0 bridgehead atoms. The molecule has 2 nitrogen and oxygen atoms in total. The molecular formula is C6H9FO2. The van der Waals surface area contributed by atoms with E-state index >= 15 is 0 Å². The molecule has 0 aromatic heterocycles. The monoisotopic (exact) mass is 132 g/mol. The number of halogens is 1. The summed E-state index contributed by atoms with van der Waals surface area (Å²) in [6.45, 7) is 0. The normalized spacial score (nSPS) is 22.8. The van der Waals surface area contributed by atoms with Gasteiger partial charge in [-0.05, 0) is 12.8 Å². The van der Waals surface area contributed by atoms with Gasteiger partial charge in [-0.2, -0.15) is 0 Å². The van der Waals surface area contributed by atoms with E-state index in [0.29, 0.717) is 0 Å². The minimum atomic E-state index is -1.61. The largest absolute Gasteiger partial charge is 0.479 e. The van der Waals surface area contributed by atoms with Crippen LogP contribution in [-0.4, -0.2) is 17.2 Å². The predicted molar refractivity (Wildman–Crippen MR) is 29.9 cm³/mol. The SMILES string of the molecule is O=C(O)C(F)C1CCC1. The molecule has 0 spiro atoms. The van der Waals surface area contributed by atoms with E-state index < -0.39 is 12.1 Å². The van der Waals surface area contributed by atoms with Gasteiger partial charge in [0.2, 0.25) is 0 Å². The average Bonchev–Trinajstić information content (AvgIpc) is 1.60. The molecule has 1 atom stereocenters. The highest BCUT2D eigenvalue weighted by Gasteiger charge is 2.31. The van der Waals surface area contributed by atoms with Crippen molar-refractivity contribution in [1.29, 1.82) is 0 Å². The molecule has 1 aliphatic carbocycles. The topological polar surface area (TPSA) is 37.3 Å². The second-order valence-corrected chi connectivity index (χ2v) is 2.43. The van der Waals surface area contributed by atoms with Crippen LogP contribution in [-0.2, 0) is 4.79 Å². The average molecular weight is 132 g/mol. The summed E-state index contributed by atoms with van der Waals surface area (Å²) >= 11 is 0. The van der Waals surface area contributed by atoms with Gasteiger partial charge in [-0.1, -0.05) is 6.42 Å². The minimum Gasteiger partial charge on any atom is -0.479 e. The van der Waals surface area contributed by atoms with Crippen molar-refractivity contribution in [3.8, 4) is 0 Å². The van der Waals surface area contributed by atoms with Gasteiger partial charge in [0.25, 0.3) is 0 Å². The summed E-state index contributed by atoms with van der Waals surface area (Å²) in [5.41, 5.74) is 0. The summed E-state index contributed by atoms with van der Waals surface area (Å²) in [5.74, 6) is -1.50. The van der Waals surface area contributed by atoms with Crippen molar-refractivity contribution in [3.63, 3.8) is 0 Å². The Morgan fingerprint density at radius 3 is 2.33 bits per heavy atom. The molecule has 0 heterocycles. The molecule has 0 aromatic carbocycles. The third-order valence-corrected chi connectivity index (χ3v) is 1.80. The third-order valence-electron chi connectivity index (χ3n) is 1.80. The van der Waals surface area contributed by atoms with Gasteiger partial charge in [0, 0.05) is 5.92 Å². The Morgan fingerprint density at radius 2 is 2.22 bits per heavy atom. The van der Waals surface area contributed by atoms with Crippen LogP contribution < -0.4 is 0 Å². The van der Waals surface area contributed by atoms with Crippen molar-refractivity contribution in [2.75, 3.05) is 0 Å². The lowest BCUT2D eigenvalue weighted by atomic mass is 9.82. The maximum Gasteiger partial charge on any atom is 0.338 e. The van der Waals surface area contributed by atoms with Crippen LogP contribution in [0.1, 0.15) is 19.3 Å². The number of carboxylic acids is 1. The highest BCUT2D eigenvalue weighted by molar-refractivity contribution is 5.72. The molecule has 1 fully saturated rings. The van der Waals surface area contributed by atoms with E-state index in [2.05, 4.69) is 0 Å². The van der Waals surface area contributed by atoms with Crippen molar-refractivity contribution in [1.82, 2.24) is 0 Å². The van der Waals surface area contributed by atoms with Gasteiger partial charge in [0.15, 0.2) is 6.17 Å². The highest BCUT2D eigenvalue weighted by Crippen LogP contribution is 2.31. The molecule has 1 unspecified atom stereocenters. The van der Waals surface area contributed by atoms with E-state index in [9.17, 15) is 9.18 Å². The van der Waals surface area contributed by atoms with Crippen LogP contribution in [0, 0.1) is 5.92 Å². The Balaban J connectivity index is 2.32. The van der Waals surface area contributed by atoms with Gasteiger partial charge < -0.3 is 5.11 Å². The van der Waals surface area contributed by atoms with Crippen LogP contribution in [0.4, 0.5) is 4.39 Å². The summed E-state index contributed by atoms with van der Waals surface area (Å²) in [6, 6.07) is 0. The zero-order valence-electron chi connectivity index (χ0n) is 5.01. The number of carbonyl (C=O) groups is 1. The zero-order valence-corrected chi connectivity index (χ0v) is 5.01. The molecule has 0 aliphatic heterocycles. The molecule has 1 saturated carbocycles. The van der Waals surface area contributed by atoms with E-state index in [1.807, 2.05) is 0 Å². The number of carboxylic acid groups (broad SMARTS) is 1. The molecule has 9 heavy (non-hydrogen) atoms. The highest BCUT2D eigenvalue weighted by atomic mass is 19.1. The van der Waals surface area contributed by atoms with Gasteiger partial charge >= 0.3 is 5.97 Å². The Bertz CT molecular complexity index is 120. The summed E-state index contributed by atoms with van der Waals surface area (Å²) in [4.78, 5) is 9.96. The molecule has 3 heteroatoms. The first kappa shape index (κ1) is 6.52. The van der Waals surface area contributed by atoms with Crippen molar-refractivity contribution < 1.29 is 14.3 Å². The molecule has 1 N–H and O–H groups in total. The first-order valence-electron chi connectivity index (χ1n) is 3.08. The van der Waals surface area contributed by atoms with Crippen LogP contribution in [0.3, 0.4) is 0 Å². The van der Waals surface area contributed by atoms with E-state index in [1.54, 1.807) is 0 Å². The van der Waals surface area contributed by atoms with Crippen LogP contribution in [0.15, 0.2) is 0 Å². The molecule has 0 saturated heterocycles. The second kappa shape index (κ2) is 2.33. The van der Waals surface area contributed by atoms with Crippen LogP contribution >= 0.6 is 0 Å². The van der Waals surface area contributed by atoms with Crippen molar-refractivity contribution in [3.05, 3.63) is 0 Å². The number of alkyl halides is 1. The van der Waals surface area contributed by atoms with Gasteiger partial charge in [-0.15, -0.1) is 0 Å². The fourth-order valence-electron chi connectivity index (χ4n) is 0.934. The van der Waals surface area contributed by atoms with Crippen molar-refractivity contribution in [2.45, 2.75) is 25.4 Å². The molecule has 52 valence electrons. The standard InChI is InChI=1S/C6H9FO2/c7-5(6(8)9)4-2-1-3-4/h4-5H,1-3H2,(H,8,9). The number of rotatable bonds is 2. The van der Waals surface area contributed by atoms with Crippen LogP contribution in [0.2, 0.25) is 0 Å². The quantitative estimate of drug-likeness (QED) is 0.613. The molecule has 1 aliphatic rings. The smallest absolute Gasteiger partial charge is 0.338 e. The number of hydrogen-bond donors (Lipinski definition) is 1. The molecule has 1 rings (SSSR count). The Kier molecular flexibility index (Phi) is 1.69. The lowest BCUT2D eigenvalue weighted by Crippen LogP contribution is -2.29. The first-order valence-corrected chi connectivity index (χ1v) is 3.08. The lowest BCUT2D eigenvalue weighted by molar-refractivity contribution is -0.146. The van der Waals surface area contributed by atoms with E-state index in [-0.39, 0.29) is 5.92 Å². The lowest BCUT2D eigenvalue weighted by Gasteiger charge is -2.25. The maximum atomic E-state index is 12.4. The van der Waals surface area contributed by atoms with Gasteiger partial charge in [-0.3, -0.25) is 0 Å². The molecule has 0 aromatic rings. The predicted octanol–water partition coefficient (Wildman–Crippen LogP) is 1.21. The van der Waals surface area contributed by atoms with Gasteiger partial charge in [0.1, 0.15) is 0 Å². The first-order chi connectivity index (χ1) is 4.22. The molecular weight excluding hydrogens is 123 g/mol. The summed E-state index contributed by atoms with van der Waals surface area (Å²) in [5, 5.41) is 8.14. The van der Waals surface area contributed by atoms with Crippen LogP contribution in [0.25, 0.3) is 0 Å². The zero-order chi connectivity index (χ0) is 6.85. The number of aliphatic carboxylic acids is 1. The van der Waals surface area contributed by atoms with E-state index in [4.69, 9.17) is 5.11 Å². The Labute approximate surface area is 52.7 Å². The summed E-state index contributed by atoms with van der Waals surface area (Å²) in [6.07, 6.45) is 0.859. The summed E-state index contributed by atoms with van der Waals surface area (Å²) in [7, 11) is 0. The fourth-order valence-corrected chi connectivity index (χ4v) is 0.934. The molecule has 0 amide bonds. The Morgan fingerprint density at radius 1 is 1.67 bits per heavy atom. The minimum absolute atomic E-state index is 0.192. The van der Waals surface area contributed by atoms with Crippen LogP contribution in [0.5, 0.6) is 0 Å². The van der Waals surface area contributed by atoms with Crippen molar-refractivity contribution in [2.24, 2.45) is 5.92 Å². The van der Waals surface area contributed by atoms with E-state index in [0.717, 1.165) is 19.3 Å². The molecule has 0 radical (unpaired) electrons. The van der Waals surface area contributed by atoms with Crippen molar-refractivity contribution >= 4 is 5.97 Å². The fraction of sp³-hybridized carbons (Fsp3) is 0.833. The maximum absolute atomic E-state index is 12.4.